The molecule has 184 valence electrons. The maximum absolute atomic E-state index is 12.7. The van der Waals surface area contributed by atoms with Crippen LogP contribution in [0, 0.1) is 17.2 Å². The van der Waals surface area contributed by atoms with Crippen LogP contribution >= 0.6 is 27.3 Å². The first-order valence-electron chi connectivity index (χ1n) is 10.6. The number of esters is 1. The van der Waals surface area contributed by atoms with Crippen LogP contribution in [0.1, 0.15) is 20.8 Å². The van der Waals surface area contributed by atoms with E-state index in [1.54, 1.807) is 19.2 Å². The minimum absolute atomic E-state index is 0.0440. The van der Waals surface area contributed by atoms with E-state index in [4.69, 9.17) is 4.74 Å². The van der Waals surface area contributed by atoms with E-state index in [0.717, 1.165) is 11.3 Å². The monoisotopic (exact) mass is 560 g/mol. The molecular formula is C23H25BrN6O4S. The van der Waals surface area contributed by atoms with Crippen molar-refractivity contribution in [3.05, 3.63) is 54.6 Å². The largest absolute Gasteiger partial charge is 0.457 e. The van der Waals surface area contributed by atoms with Crippen LogP contribution in [0.25, 0.3) is 11.5 Å². The summed E-state index contributed by atoms with van der Waals surface area (Å²) in [6.07, 6.45) is 4.33. The molecule has 2 rings (SSSR count). The van der Waals surface area contributed by atoms with Crippen LogP contribution in [-0.2, 0) is 16.1 Å². The number of ether oxygens (including phenoxy) is 1. The SMILES string of the molecule is C=CCOC(=O)C(=C=c1sc(=C=CNc2ncc(Br)c(N[C@@H](CO)C(C)C)n2)c(=O)n1CC)C#N. The molecule has 0 radical (unpaired) electrons. The number of carbonyl (C=O) groups is 1. The van der Waals surface area contributed by atoms with Crippen molar-refractivity contribution in [1.82, 2.24) is 14.5 Å². The molecule has 0 aromatic carbocycles. The van der Waals surface area contributed by atoms with Gasteiger partial charge in [-0.3, -0.25) is 9.36 Å². The maximum atomic E-state index is 12.7. The Morgan fingerprint density at radius 2 is 2.23 bits per heavy atom. The van der Waals surface area contributed by atoms with Gasteiger partial charge in [0.25, 0.3) is 5.56 Å². The zero-order valence-corrected chi connectivity index (χ0v) is 21.9. The minimum atomic E-state index is -0.851. The molecule has 0 aliphatic carbocycles. The number of aliphatic hydroxyl groups is 1. The van der Waals surface area contributed by atoms with E-state index < -0.39 is 5.97 Å². The first-order valence-corrected chi connectivity index (χ1v) is 12.2. The lowest BCUT2D eigenvalue weighted by Gasteiger charge is -2.21. The fraction of sp³-hybridized carbons (Fsp3) is 0.348. The summed E-state index contributed by atoms with van der Waals surface area (Å²) in [6.45, 7) is 9.38. The molecule has 10 nitrogen and oxygen atoms in total. The second-order valence-corrected chi connectivity index (χ2v) is 9.14. The molecule has 0 fully saturated rings. The Hall–Kier alpha value is -3.45. The van der Waals surface area contributed by atoms with Gasteiger partial charge in [-0.1, -0.05) is 49.3 Å². The third kappa shape index (κ3) is 7.52. The van der Waals surface area contributed by atoms with Gasteiger partial charge < -0.3 is 20.5 Å². The maximum Gasteiger partial charge on any atom is 0.357 e. The summed E-state index contributed by atoms with van der Waals surface area (Å²) in [7, 11) is 0. The molecule has 2 aromatic heterocycles. The molecular weight excluding hydrogens is 536 g/mol. The predicted octanol–water partition coefficient (Wildman–Crippen LogP) is 1.47. The van der Waals surface area contributed by atoms with E-state index in [9.17, 15) is 20.0 Å². The predicted molar refractivity (Wildman–Crippen MR) is 138 cm³/mol. The van der Waals surface area contributed by atoms with Crippen molar-refractivity contribution >= 4 is 56.5 Å². The van der Waals surface area contributed by atoms with Gasteiger partial charge in [-0.2, -0.15) is 10.2 Å². The molecule has 0 amide bonds. The summed E-state index contributed by atoms with van der Waals surface area (Å²) in [5, 5.41) is 24.9. The third-order valence-corrected chi connectivity index (χ3v) is 6.14. The highest BCUT2D eigenvalue weighted by molar-refractivity contribution is 9.10. The Kier molecular flexibility index (Phi) is 10.7. The first kappa shape index (κ1) is 27.8. The highest BCUT2D eigenvalue weighted by Gasteiger charge is 2.15. The molecule has 0 unspecified atom stereocenters. The highest BCUT2D eigenvalue weighted by Crippen LogP contribution is 2.22. The number of halogens is 1. The van der Waals surface area contributed by atoms with Crippen molar-refractivity contribution in [2.24, 2.45) is 5.92 Å². The molecule has 3 N–H and O–H groups in total. The van der Waals surface area contributed by atoms with E-state index in [1.165, 1.54) is 16.8 Å². The van der Waals surface area contributed by atoms with Crippen LogP contribution in [0.4, 0.5) is 11.8 Å². The van der Waals surface area contributed by atoms with Crippen molar-refractivity contribution in [3.63, 3.8) is 0 Å². The number of aromatic nitrogens is 3. The van der Waals surface area contributed by atoms with Gasteiger partial charge in [0, 0.05) is 18.9 Å². The quantitative estimate of drug-likeness (QED) is 0.170. The number of nitrogens with zero attached hydrogens (tertiary/aromatic N) is 4. The topological polar surface area (TPSA) is 142 Å². The smallest absolute Gasteiger partial charge is 0.357 e. The molecule has 2 aromatic rings. The Balaban J connectivity index is 2.45. The number of carbonyl (C=O) groups excluding carboxylic acids is 1. The second kappa shape index (κ2) is 13.4. The third-order valence-electron chi connectivity index (χ3n) is 4.55. The number of aliphatic hydroxyl groups excluding tert-OH is 1. The van der Waals surface area contributed by atoms with Crippen LogP contribution in [0.15, 0.2) is 39.9 Å². The number of thiazole rings is 1. The number of nitriles is 1. The van der Waals surface area contributed by atoms with Crippen molar-refractivity contribution < 1.29 is 14.6 Å². The summed E-state index contributed by atoms with van der Waals surface area (Å²) in [5.74, 6) is 0.0785. The number of nitrogens with one attached hydrogen (secondary N) is 2. The van der Waals surface area contributed by atoms with Crippen LogP contribution in [0.2, 0.25) is 0 Å². The lowest BCUT2D eigenvalue weighted by atomic mass is 10.1. The van der Waals surface area contributed by atoms with Crippen LogP contribution in [0.3, 0.4) is 0 Å². The van der Waals surface area contributed by atoms with Gasteiger partial charge in [0.15, 0.2) is 5.57 Å². The minimum Gasteiger partial charge on any atom is -0.457 e. The van der Waals surface area contributed by atoms with Crippen LogP contribution < -0.4 is 25.4 Å². The molecule has 0 bridgehead atoms. The lowest BCUT2D eigenvalue weighted by Crippen LogP contribution is -2.30. The Morgan fingerprint density at radius 1 is 1.49 bits per heavy atom. The Labute approximate surface area is 214 Å². The zero-order chi connectivity index (χ0) is 26.0. The number of hydrogen-bond donors (Lipinski definition) is 3. The molecule has 12 heteroatoms. The van der Waals surface area contributed by atoms with E-state index in [0.29, 0.717) is 16.8 Å². The Morgan fingerprint density at radius 3 is 2.83 bits per heavy atom. The van der Waals surface area contributed by atoms with E-state index in [1.807, 2.05) is 13.8 Å². The van der Waals surface area contributed by atoms with Gasteiger partial charge in [0.05, 0.1) is 17.1 Å². The van der Waals surface area contributed by atoms with Crippen molar-refractivity contribution in [1.29, 1.82) is 5.26 Å². The van der Waals surface area contributed by atoms with Gasteiger partial charge in [-0.15, -0.1) is 0 Å². The van der Waals surface area contributed by atoms with Gasteiger partial charge in [0.1, 0.15) is 27.7 Å². The molecule has 0 aliphatic rings. The molecule has 0 saturated heterocycles. The Bertz CT molecular complexity index is 1380. The summed E-state index contributed by atoms with van der Waals surface area (Å²) in [4.78, 5) is 33.3. The van der Waals surface area contributed by atoms with E-state index >= 15 is 0 Å². The summed E-state index contributed by atoms with van der Waals surface area (Å²) < 4.78 is 7.40. The summed E-state index contributed by atoms with van der Waals surface area (Å²) >= 11 is 4.40. The first-order chi connectivity index (χ1) is 16.7. The van der Waals surface area contributed by atoms with Crippen molar-refractivity contribution in [2.75, 3.05) is 23.8 Å². The zero-order valence-electron chi connectivity index (χ0n) is 19.5. The van der Waals surface area contributed by atoms with Crippen LogP contribution in [0.5, 0.6) is 0 Å². The fourth-order valence-corrected chi connectivity index (χ4v) is 3.91. The second-order valence-electron chi connectivity index (χ2n) is 7.29. The molecule has 0 aliphatic heterocycles. The summed E-state index contributed by atoms with van der Waals surface area (Å²) in [6, 6.07) is 1.55. The molecule has 0 spiro atoms. The van der Waals surface area contributed by atoms with E-state index in [2.05, 4.69) is 54.6 Å². The van der Waals surface area contributed by atoms with Crippen molar-refractivity contribution in [2.45, 2.75) is 33.4 Å². The average Bonchev–Trinajstić information content (AvgIpc) is 3.14. The van der Waals surface area contributed by atoms with Crippen LogP contribution in [-0.4, -0.2) is 44.9 Å². The highest BCUT2D eigenvalue weighted by atomic mass is 79.9. The molecule has 2 heterocycles. The number of anilines is 2. The molecule has 35 heavy (non-hydrogen) atoms. The van der Waals surface area contributed by atoms with Gasteiger partial charge >= 0.3 is 5.97 Å². The average molecular weight is 561 g/mol. The van der Waals surface area contributed by atoms with Gasteiger partial charge in [0.2, 0.25) is 5.95 Å². The summed E-state index contributed by atoms with van der Waals surface area (Å²) in [5.41, 5.74) is 4.82. The van der Waals surface area contributed by atoms with E-state index in [-0.39, 0.29) is 51.4 Å². The van der Waals surface area contributed by atoms with Crippen molar-refractivity contribution in [3.8, 4) is 6.07 Å². The standard InChI is InChI=1S/C23H25BrN6O4S/c1-5-9-34-22(33)15(11-25)10-19-30(6-2)21(32)18(35-19)7-8-26-23-27-12-16(24)20(29-23)28-17(13-31)14(3)4/h5,8,12,14,17,31H,1,6,9,13H2,2-4H3,(H2,26,27,28,29)/t7?,10?,17-/m0/s1. The number of rotatable bonds is 10. The van der Waals surface area contributed by atoms with Gasteiger partial charge in [-0.25, -0.2) is 9.78 Å². The normalized spacial score (nSPS) is 11.0. The number of hydrogen-bond acceptors (Lipinski definition) is 10. The van der Waals surface area contributed by atoms with Gasteiger partial charge in [-0.05, 0) is 28.8 Å². The molecule has 1 atom stereocenters. The fourth-order valence-electron chi connectivity index (χ4n) is 2.62. The lowest BCUT2D eigenvalue weighted by molar-refractivity contribution is -0.137. The molecule has 0 saturated carbocycles.